The van der Waals surface area contributed by atoms with E-state index in [1.54, 1.807) is 12.1 Å². The number of ether oxygens (including phenoxy) is 1. The molecule has 0 fully saturated rings. The normalized spacial score (nSPS) is 11.1. The average molecular weight is 194 g/mol. The van der Waals surface area contributed by atoms with Crippen LogP contribution in [0.3, 0.4) is 0 Å². The summed E-state index contributed by atoms with van der Waals surface area (Å²) in [5, 5.41) is 9.50. The predicted octanol–water partition coefficient (Wildman–Crippen LogP) is 2.38. The molecule has 3 heteroatoms. The van der Waals surface area contributed by atoms with E-state index in [4.69, 9.17) is 4.74 Å². The molecule has 0 heterocycles. The third-order valence-electron chi connectivity index (χ3n) is 1.54. The smallest absolute Gasteiger partial charge is 0.161 e. The molecule has 1 aromatic carbocycles. The number of carbonyl (C=O) groups is 1. The van der Waals surface area contributed by atoms with E-state index in [0.29, 0.717) is 17.6 Å². The van der Waals surface area contributed by atoms with Gasteiger partial charge in [-0.2, -0.15) is 0 Å². The van der Waals surface area contributed by atoms with Gasteiger partial charge in [0.05, 0.1) is 0 Å². The van der Waals surface area contributed by atoms with E-state index in [2.05, 4.69) is 0 Å². The molecule has 0 aliphatic rings. The zero-order valence-electron chi connectivity index (χ0n) is 8.57. The zero-order chi connectivity index (χ0) is 10.8. The second-order valence-corrected chi connectivity index (χ2v) is 4.06. The molecule has 76 valence electrons. The predicted molar refractivity (Wildman–Crippen MR) is 53.9 cm³/mol. The monoisotopic (exact) mass is 194 g/mol. The standard InChI is InChI=1S/C11H14O3/c1-11(2,3)14-10-5-4-8(7-12)6-9(10)13/h4-7,13H,1-3H3. The first-order chi connectivity index (χ1) is 6.42. The summed E-state index contributed by atoms with van der Waals surface area (Å²) in [5.41, 5.74) is 0.0731. The molecule has 0 bridgehead atoms. The number of carbonyl (C=O) groups excluding carboxylic acids is 1. The van der Waals surface area contributed by atoms with Gasteiger partial charge in [0.2, 0.25) is 0 Å². The second-order valence-electron chi connectivity index (χ2n) is 4.06. The quantitative estimate of drug-likeness (QED) is 0.735. The molecular formula is C11H14O3. The third kappa shape index (κ3) is 2.76. The molecule has 0 spiro atoms. The molecule has 0 aliphatic carbocycles. The van der Waals surface area contributed by atoms with Gasteiger partial charge < -0.3 is 9.84 Å². The summed E-state index contributed by atoms with van der Waals surface area (Å²) in [6.45, 7) is 5.67. The van der Waals surface area contributed by atoms with Crippen LogP contribution in [0.5, 0.6) is 11.5 Å². The summed E-state index contributed by atoms with van der Waals surface area (Å²) in [6, 6.07) is 4.58. The summed E-state index contributed by atoms with van der Waals surface area (Å²) in [5.74, 6) is 0.382. The molecule has 0 saturated carbocycles. The minimum absolute atomic E-state index is 0.00970. The number of rotatable bonds is 2. The van der Waals surface area contributed by atoms with Crippen molar-refractivity contribution in [2.24, 2.45) is 0 Å². The number of hydrogen-bond donors (Lipinski definition) is 1. The van der Waals surface area contributed by atoms with Crippen LogP contribution >= 0.6 is 0 Å². The topological polar surface area (TPSA) is 46.5 Å². The summed E-state index contributed by atoms with van der Waals surface area (Å²) >= 11 is 0. The molecule has 0 atom stereocenters. The van der Waals surface area contributed by atoms with Crippen molar-refractivity contribution in [1.29, 1.82) is 0 Å². The highest BCUT2D eigenvalue weighted by molar-refractivity contribution is 5.76. The highest BCUT2D eigenvalue weighted by Crippen LogP contribution is 2.29. The molecule has 3 nitrogen and oxygen atoms in total. The van der Waals surface area contributed by atoms with Gasteiger partial charge >= 0.3 is 0 Å². The van der Waals surface area contributed by atoms with E-state index >= 15 is 0 Å². The van der Waals surface area contributed by atoms with E-state index in [-0.39, 0.29) is 11.4 Å². The highest BCUT2D eigenvalue weighted by atomic mass is 16.5. The summed E-state index contributed by atoms with van der Waals surface area (Å²) < 4.78 is 5.47. The lowest BCUT2D eigenvalue weighted by molar-refractivity contribution is 0.112. The fourth-order valence-corrected chi connectivity index (χ4v) is 1.02. The Bertz CT molecular complexity index is 337. The van der Waals surface area contributed by atoms with Gasteiger partial charge in [0, 0.05) is 5.56 Å². The molecule has 0 unspecified atom stereocenters. The first kappa shape index (κ1) is 10.6. The average Bonchev–Trinajstić information content (AvgIpc) is 2.06. The number of phenols is 1. The van der Waals surface area contributed by atoms with Crippen LogP contribution in [0.1, 0.15) is 31.1 Å². The van der Waals surface area contributed by atoms with Gasteiger partial charge in [-0.1, -0.05) is 0 Å². The van der Waals surface area contributed by atoms with Crippen LogP contribution in [0.25, 0.3) is 0 Å². The van der Waals surface area contributed by atoms with Crippen molar-refractivity contribution >= 4 is 6.29 Å². The molecule has 0 saturated heterocycles. The van der Waals surface area contributed by atoms with Crippen LogP contribution in [0, 0.1) is 0 Å². The van der Waals surface area contributed by atoms with Crippen molar-refractivity contribution in [3.8, 4) is 11.5 Å². The van der Waals surface area contributed by atoms with Crippen molar-refractivity contribution in [3.63, 3.8) is 0 Å². The van der Waals surface area contributed by atoms with Crippen molar-refractivity contribution in [1.82, 2.24) is 0 Å². The molecule has 0 aliphatic heterocycles. The van der Waals surface area contributed by atoms with Gasteiger partial charge in [-0.15, -0.1) is 0 Å². The van der Waals surface area contributed by atoms with Gasteiger partial charge in [-0.05, 0) is 39.0 Å². The van der Waals surface area contributed by atoms with Crippen LogP contribution < -0.4 is 4.74 Å². The Morgan fingerprint density at radius 1 is 1.36 bits per heavy atom. The maximum Gasteiger partial charge on any atom is 0.161 e. The van der Waals surface area contributed by atoms with E-state index in [1.165, 1.54) is 6.07 Å². The lowest BCUT2D eigenvalue weighted by Gasteiger charge is -2.21. The summed E-state index contributed by atoms with van der Waals surface area (Å²) in [4.78, 5) is 10.4. The maximum atomic E-state index is 10.4. The Kier molecular flexibility index (Phi) is 2.79. The molecule has 1 N–H and O–H groups in total. The van der Waals surface area contributed by atoms with Crippen molar-refractivity contribution in [2.45, 2.75) is 26.4 Å². The van der Waals surface area contributed by atoms with Gasteiger partial charge in [0.15, 0.2) is 11.5 Å². The molecule has 1 aromatic rings. The first-order valence-electron chi connectivity index (χ1n) is 4.39. The Labute approximate surface area is 83.3 Å². The maximum absolute atomic E-state index is 10.4. The van der Waals surface area contributed by atoms with Crippen molar-refractivity contribution in [3.05, 3.63) is 23.8 Å². The third-order valence-corrected chi connectivity index (χ3v) is 1.54. The Morgan fingerprint density at radius 3 is 2.43 bits per heavy atom. The fraction of sp³-hybridized carbons (Fsp3) is 0.364. The Morgan fingerprint density at radius 2 is 2.00 bits per heavy atom. The van der Waals surface area contributed by atoms with Crippen molar-refractivity contribution in [2.75, 3.05) is 0 Å². The molecule has 0 amide bonds. The Hall–Kier alpha value is -1.51. The lowest BCUT2D eigenvalue weighted by Crippen LogP contribution is -2.22. The van der Waals surface area contributed by atoms with E-state index in [0.717, 1.165) is 0 Å². The minimum atomic E-state index is -0.361. The number of hydrogen-bond acceptors (Lipinski definition) is 3. The number of benzene rings is 1. The van der Waals surface area contributed by atoms with Gasteiger partial charge in [0.1, 0.15) is 11.9 Å². The van der Waals surface area contributed by atoms with E-state index in [1.807, 2.05) is 20.8 Å². The minimum Gasteiger partial charge on any atom is -0.504 e. The highest BCUT2D eigenvalue weighted by Gasteiger charge is 2.14. The molecule has 0 radical (unpaired) electrons. The first-order valence-corrected chi connectivity index (χ1v) is 4.39. The fourth-order valence-electron chi connectivity index (χ4n) is 1.02. The second kappa shape index (κ2) is 3.70. The number of aromatic hydroxyl groups is 1. The van der Waals surface area contributed by atoms with Gasteiger partial charge in [-0.3, -0.25) is 4.79 Å². The summed E-state index contributed by atoms with van der Waals surface area (Å²) in [7, 11) is 0. The molecule has 14 heavy (non-hydrogen) atoms. The molecule has 0 aromatic heterocycles. The number of phenolic OH excluding ortho intramolecular Hbond substituents is 1. The van der Waals surface area contributed by atoms with Crippen molar-refractivity contribution < 1.29 is 14.6 Å². The SMILES string of the molecule is CC(C)(C)Oc1ccc(C=O)cc1O. The largest absolute Gasteiger partial charge is 0.504 e. The molecule has 1 rings (SSSR count). The zero-order valence-corrected chi connectivity index (χ0v) is 8.57. The van der Waals surface area contributed by atoms with E-state index < -0.39 is 0 Å². The van der Waals surface area contributed by atoms with Crippen LogP contribution in [-0.2, 0) is 0 Å². The van der Waals surface area contributed by atoms with Gasteiger partial charge in [-0.25, -0.2) is 0 Å². The Balaban J connectivity index is 2.95. The number of aldehydes is 1. The van der Waals surface area contributed by atoms with Gasteiger partial charge in [0.25, 0.3) is 0 Å². The molecular weight excluding hydrogens is 180 g/mol. The van der Waals surface area contributed by atoms with E-state index in [9.17, 15) is 9.90 Å². The van der Waals surface area contributed by atoms with Crippen LogP contribution in [0.2, 0.25) is 0 Å². The lowest BCUT2D eigenvalue weighted by atomic mass is 10.1. The van der Waals surface area contributed by atoms with Crippen LogP contribution in [-0.4, -0.2) is 17.0 Å². The van der Waals surface area contributed by atoms with Crippen LogP contribution in [0.4, 0.5) is 0 Å². The van der Waals surface area contributed by atoms with Crippen LogP contribution in [0.15, 0.2) is 18.2 Å². The summed E-state index contributed by atoms with van der Waals surface area (Å²) in [6.07, 6.45) is 0.681.